The van der Waals surface area contributed by atoms with E-state index in [0.717, 1.165) is 0 Å². The van der Waals surface area contributed by atoms with E-state index in [-0.39, 0.29) is 11.7 Å². The number of rotatable bonds is 7. The SMILES string of the molecule is CC(NC(=O)OC(C)(C)C)C(=O)c1ccc(O[C@H](C(=O)O)C2CCOCC2)cc1. The Kier molecular flexibility index (Phi) is 7.61. The van der Waals surface area contributed by atoms with Gasteiger partial charge in [-0.2, -0.15) is 0 Å². The Balaban J connectivity index is 1.98. The Bertz CT molecular complexity index is 718. The van der Waals surface area contributed by atoms with Gasteiger partial charge in [-0.25, -0.2) is 9.59 Å². The molecule has 0 bridgehead atoms. The molecule has 29 heavy (non-hydrogen) atoms. The number of carboxylic acid groups (broad SMARTS) is 1. The van der Waals surface area contributed by atoms with Crippen molar-refractivity contribution in [2.45, 2.75) is 58.3 Å². The summed E-state index contributed by atoms with van der Waals surface area (Å²) in [5.74, 6) is -1.07. The van der Waals surface area contributed by atoms with Gasteiger partial charge >= 0.3 is 12.1 Å². The summed E-state index contributed by atoms with van der Waals surface area (Å²) in [7, 11) is 0. The summed E-state index contributed by atoms with van der Waals surface area (Å²) >= 11 is 0. The third kappa shape index (κ3) is 7.05. The molecule has 1 unspecified atom stereocenters. The smallest absolute Gasteiger partial charge is 0.408 e. The van der Waals surface area contributed by atoms with Crippen molar-refractivity contribution in [3.63, 3.8) is 0 Å². The molecule has 0 aromatic heterocycles. The first-order valence-corrected chi connectivity index (χ1v) is 9.68. The summed E-state index contributed by atoms with van der Waals surface area (Å²) in [6, 6.07) is 5.44. The lowest BCUT2D eigenvalue weighted by Crippen LogP contribution is -2.41. The first-order valence-electron chi connectivity index (χ1n) is 9.68. The molecule has 1 saturated heterocycles. The molecule has 8 nitrogen and oxygen atoms in total. The van der Waals surface area contributed by atoms with Gasteiger partial charge in [0.15, 0.2) is 11.9 Å². The van der Waals surface area contributed by atoms with E-state index in [0.29, 0.717) is 37.4 Å². The number of nitrogens with one attached hydrogen (secondary N) is 1. The molecule has 0 spiro atoms. The number of alkyl carbamates (subject to hydrolysis) is 1. The monoisotopic (exact) mass is 407 g/mol. The van der Waals surface area contributed by atoms with Gasteiger partial charge in [0.2, 0.25) is 0 Å². The van der Waals surface area contributed by atoms with Crippen molar-refractivity contribution in [1.82, 2.24) is 5.32 Å². The Hall–Kier alpha value is -2.61. The summed E-state index contributed by atoms with van der Waals surface area (Å²) in [6.07, 6.45) is -0.379. The number of hydrogen-bond acceptors (Lipinski definition) is 6. The van der Waals surface area contributed by atoms with Crippen LogP contribution in [0.4, 0.5) is 4.79 Å². The molecule has 0 aliphatic carbocycles. The third-order valence-electron chi connectivity index (χ3n) is 4.47. The second-order valence-corrected chi connectivity index (χ2v) is 8.08. The van der Waals surface area contributed by atoms with Gasteiger partial charge in [-0.05, 0) is 64.8 Å². The molecule has 1 aliphatic rings. The Morgan fingerprint density at radius 2 is 1.72 bits per heavy atom. The van der Waals surface area contributed by atoms with Crippen LogP contribution in [-0.4, -0.2) is 53.9 Å². The van der Waals surface area contributed by atoms with Crippen molar-refractivity contribution in [2.24, 2.45) is 5.92 Å². The Morgan fingerprint density at radius 1 is 1.14 bits per heavy atom. The fourth-order valence-electron chi connectivity index (χ4n) is 3.01. The first-order chi connectivity index (χ1) is 13.6. The lowest BCUT2D eigenvalue weighted by molar-refractivity contribution is -0.149. The maximum Gasteiger partial charge on any atom is 0.408 e. The van der Waals surface area contributed by atoms with Crippen molar-refractivity contribution < 1.29 is 33.7 Å². The van der Waals surface area contributed by atoms with Crippen LogP contribution in [0, 0.1) is 5.92 Å². The molecule has 1 aliphatic heterocycles. The van der Waals surface area contributed by atoms with Gasteiger partial charge in [-0.3, -0.25) is 4.79 Å². The van der Waals surface area contributed by atoms with Crippen LogP contribution >= 0.6 is 0 Å². The number of amides is 1. The molecule has 1 aromatic rings. The molecule has 160 valence electrons. The van der Waals surface area contributed by atoms with Gasteiger partial charge in [0.1, 0.15) is 11.4 Å². The highest BCUT2D eigenvalue weighted by Crippen LogP contribution is 2.24. The molecule has 1 fully saturated rings. The van der Waals surface area contributed by atoms with Gasteiger partial charge in [0.25, 0.3) is 0 Å². The van der Waals surface area contributed by atoms with E-state index in [1.165, 1.54) is 0 Å². The fraction of sp³-hybridized carbons (Fsp3) is 0.571. The third-order valence-corrected chi connectivity index (χ3v) is 4.47. The minimum absolute atomic E-state index is 0.124. The van der Waals surface area contributed by atoms with Gasteiger partial charge in [-0.1, -0.05) is 0 Å². The fourth-order valence-corrected chi connectivity index (χ4v) is 3.01. The minimum Gasteiger partial charge on any atom is -0.478 e. The van der Waals surface area contributed by atoms with Crippen molar-refractivity contribution in [3.05, 3.63) is 29.8 Å². The van der Waals surface area contributed by atoms with E-state index >= 15 is 0 Å². The average Bonchev–Trinajstić information content (AvgIpc) is 2.64. The van der Waals surface area contributed by atoms with Gasteiger partial charge in [0, 0.05) is 24.7 Å². The van der Waals surface area contributed by atoms with Crippen molar-refractivity contribution in [2.75, 3.05) is 13.2 Å². The van der Waals surface area contributed by atoms with E-state index in [2.05, 4.69) is 5.32 Å². The van der Waals surface area contributed by atoms with Gasteiger partial charge in [-0.15, -0.1) is 0 Å². The molecule has 2 N–H and O–H groups in total. The second kappa shape index (κ2) is 9.73. The summed E-state index contributed by atoms with van der Waals surface area (Å²) in [5.41, 5.74) is -0.282. The average molecular weight is 407 g/mol. The summed E-state index contributed by atoms with van der Waals surface area (Å²) < 4.78 is 16.1. The zero-order chi connectivity index (χ0) is 21.6. The summed E-state index contributed by atoms with van der Waals surface area (Å²) in [5, 5.41) is 12.0. The molecular weight excluding hydrogens is 378 g/mol. The number of aliphatic carboxylic acids is 1. The number of ether oxygens (including phenoxy) is 3. The van der Waals surface area contributed by atoms with E-state index < -0.39 is 29.8 Å². The lowest BCUT2D eigenvalue weighted by atomic mass is 9.94. The van der Waals surface area contributed by atoms with Crippen LogP contribution in [-0.2, 0) is 14.3 Å². The highest BCUT2D eigenvalue weighted by Gasteiger charge is 2.31. The maximum atomic E-state index is 12.5. The lowest BCUT2D eigenvalue weighted by Gasteiger charge is -2.28. The molecule has 1 amide bonds. The molecule has 1 heterocycles. The number of benzene rings is 1. The predicted octanol–water partition coefficient (Wildman–Crippen LogP) is 3.04. The van der Waals surface area contributed by atoms with E-state index in [1.54, 1.807) is 52.0 Å². The molecule has 2 rings (SSSR count). The van der Waals surface area contributed by atoms with E-state index in [4.69, 9.17) is 14.2 Å². The maximum absolute atomic E-state index is 12.5. The van der Waals surface area contributed by atoms with Crippen LogP contribution in [0.5, 0.6) is 5.75 Å². The standard InChI is InChI=1S/C21H29NO7/c1-13(22-20(26)29-21(2,3)4)17(23)14-5-7-16(8-6-14)28-18(19(24)25)15-9-11-27-12-10-15/h5-8,13,15,18H,9-12H2,1-4H3,(H,22,26)(H,24,25)/t13?,18-/m0/s1. The number of carbonyl (C=O) groups is 3. The van der Waals surface area contributed by atoms with Crippen molar-refractivity contribution in [1.29, 1.82) is 0 Å². The largest absolute Gasteiger partial charge is 0.478 e. The normalized spacial score (nSPS) is 17.1. The van der Waals surface area contributed by atoms with Crippen LogP contribution in [0.3, 0.4) is 0 Å². The Labute approximate surface area is 170 Å². The summed E-state index contributed by atoms with van der Waals surface area (Å²) in [6.45, 7) is 7.83. The summed E-state index contributed by atoms with van der Waals surface area (Å²) in [4.78, 5) is 35.9. The number of Topliss-reactive ketones (excluding diaryl/α,β-unsaturated/α-hetero) is 1. The van der Waals surface area contributed by atoms with Crippen LogP contribution in [0.1, 0.15) is 50.9 Å². The van der Waals surface area contributed by atoms with E-state index in [1.807, 2.05) is 0 Å². The molecule has 2 atom stereocenters. The highest BCUT2D eigenvalue weighted by molar-refractivity contribution is 6.01. The van der Waals surface area contributed by atoms with Crippen LogP contribution in [0.25, 0.3) is 0 Å². The van der Waals surface area contributed by atoms with Crippen molar-refractivity contribution >= 4 is 17.8 Å². The number of carboxylic acids is 1. The van der Waals surface area contributed by atoms with Gasteiger partial charge < -0.3 is 24.6 Å². The number of carbonyl (C=O) groups excluding carboxylic acids is 2. The minimum atomic E-state index is -1.02. The van der Waals surface area contributed by atoms with Gasteiger partial charge in [0.05, 0.1) is 6.04 Å². The Morgan fingerprint density at radius 3 is 2.24 bits per heavy atom. The second-order valence-electron chi connectivity index (χ2n) is 8.08. The molecule has 8 heteroatoms. The topological polar surface area (TPSA) is 111 Å². The predicted molar refractivity (Wildman–Crippen MR) is 105 cm³/mol. The van der Waals surface area contributed by atoms with Crippen LogP contribution in [0.2, 0.25) is 0 Å². The van der Waals surface area contributed by atoms with E-state index in [9.17, 15) is 19.5 Å². The molecule has 1 aromatic carbocycles. The first kappa shape index (κ1) is 22.7. The molecular formula is C21H29NO7. The van der Waals surface area contributed by atoms with Crippen LogP contribution < -0.4 is 10.1 Å². The quantitative estimate of drug-likeness (QED) is 0.668. The zero-order valence-electron chi connectivity index (χ0n) is 17.3. The molecule has 0 saturated carbocycles. The number of hydrogen-bond donors (Lipinski definition) is 2. The molecule has 0 radical (unpaired) electrons. The van der Waals surface area contributed by atoms with Crippen molar-refractivity contribution in [3.8, 4) is 5.75 Å². The zero-order valence-corrected chi connectivity index (χ0v) is 17.3. The van der Waals surface area contributed by atoms with Crippen LogP contribution in [0.15, 0.2) is 24.3 Å². The number of ketones is 1. The highest BCUT2D eigenvalue weighted by atomic mass is 16.6.